The zero-order valence-electron chi connectivity index (χ0n) is 43.9. The highest BCUT2D eigenvalue weighted by atomic mass is 19.1. The number of hydrogen-bond donors (Lipinski definition) is 8. The van der Waals surface area contributed by atoms with Crippen molar-refractivity contribution in [2.24, 2.45) is 0 Å². The first-order valence-electron chi connectivity index (χ1n) is 25.2. The Hall–Kier alpha value is -8.37. The van der Waals surface area contributed by atoms with Gasteiger partial charge in [0.1, 0.15) is 54.7 Å². The molecule has 0 spiro atoms. The third-order valence-corrected chi connectivity index (χ3v) is 14.4. The molecule has 1 aliphatic carbocycles. The van der Waals surface area contributed by atoms with Crippen LogP contribution in [0.25, 0.3) is 22.3 Å². The molecule has 9 rings (SSSR count). The number of hydrogen-bond acceptors (Lipinski definition) is 19. The molecule has 0 bridgehead atoms. The predicted octanol–water partition coefficient (Wildman–Crippen LogP) is 0.927. The first kappa shape index (κ1) is 56.4. The van der Waals surface area contributed by atoms with Gasteiger partial charge in [0.05, 0.1) is 53.8 Å². The number of ether oxygens (including phenoxy) is 5. The minimum atomic E-state index is -2.11. The number of nitrogens with one attached hydrogen (secondary N) is 3. The second-order valence-corrected chi connectivity index (χ2v) is 20.8. The number of carboxylic acids is 1. The maximum atomic E-state index is 15.5. The molecule has 0 saturated carbocycles. The number of alkyl carbamates (subject to hydrolysis) is 2. The van der Waals surface area contributed by atoms with Crippen molar-refractivity contribution in [2.75, 3.05) is 25.5 Å². The van der Waals surface area contributed by atoms with E-state index < -0.39 is 133 Å². The number of nitrogens with zero attached hydrogens (tertiary/aromatic N) is 4. The molecule has 6 amide bonds. The molecule has 6 heterocycles. The first-order valence-corrected chi connectivity index (χ1v) is 25.2. The molecular formula is C53H56FN7O19. The van der Waals surface area contributed by atoms with Crippen LogP contribution in [0.5, 0.6) is 5.75 Å². The lowest BCUT2D eigenvalue weighted by molar-refractivity contribution is -0.271. The van der Waals surface area contributed by atoms with Crippen LogP contribution in [-0.4, -0.2) is 155 Å². The van der Waals surface area contributed by atoms with Crippen molar-refractivity contribution >= 4 is 64.3 Å². The fourth-order valence-corrected chi connectivity index (χ4v) is 10.4. The van der Waals surface area contributed by atoms with Crippen LogP contribution >= 0.6 is 0 Å². The predicted molar refractivity (Wildman–Crippen MR) is 270 cm³/mol. The van der Waals surface area contributed by atoms with E-state index in [4.69, 9.17) is 28.7 Å². The smallest absolute Gasteiger partial charge is 0.407 e. The van der Waals surface area contributed by atoms with E-state index in [0.717, 1.165) is 17.1 Å². The van der Waals surface area contributed by atoms with Gasteiger partial charge in [-0.15, -0.1) is 0 Å². The van der Waals surface area contributed by atoms with Crippen LogP contribution in [0, 0.1) is 12.7 Å². The highest BCUT2D eigenvalue weighted by Gasteiger charge is 2.49. The Morgan fingerprint density at radius 1 is 0.975 bits per heavy atom. The molecule has 2 unspecified atom stereocenters. The van der Waals surface area contributed by atoms with Crippen LogP contribution in [0.2, 0.25) is 0 Å². The number of halogens is 1. The molecule has 0 radical (unpaired) electrons. The average Bonchev–Trinajstić information content (AvgIpc) is 4.09. The number of aliphatic hydroxyl groups excluding tert-OH is 3. The molecule has 424 valence electrons. The number of aliphatic hydroxyl groups is 4. The van der Waals surface area contributed by atoms with Gasteiger partial charge in [0.25, 0.3) is 17.4 Å². The van der Waals surface area contributed by atoms with E-state index in [9.17, 15) is 68.7 Å². The number of carbonyl (C=O) groups excluding carboxylic acids is 7. The Bertz CT molecular complexity index is 3390. The lowest BCUT2D eigenvalue weighted by Gasteiger charge is -2.38. The molecule has 4 aromatic rings. The minimum absolute atomic E-state index is 0.0376. The number of likely N-dealkylation sites (N-methyl/N-ethyl adjacent to an activating group) is 1. The number of aryl methyl sites for hydroxylation is 1. The molecule has 26 nitrogen and oxygen atoms in total. The first-order chi connectivity index (χ1) is 37.7. The highest BCUT2D eigenvalue weighted by molar-refractivity contribution is 6.15. The van der Waals surface area contributed by atoms with Gasteiger partial charge in [-0.2, -0.15) is 0 Å². The topological polar surface area (TPSA) is 361 Å². The summed E-state index contributed by atoms with van der Waals surface area (Å²) >= 11 is 0. The van der Waals surface area contributed by atoms with E-state index >= 15 is 4.39 Å². The van der Waals surface area contributed by atoms with E-state index in [1.807, 2.05) is 0 Å². The Kier molecular flexibility index (Phi) is 15.0. The number of carbonyl (C=O) groups is 8. The van der Waals surface area contributed by atoms with Gasteiger partial charge in [0.2, 0.25) is 18.1 Å². The van der Waals surface area contributed by atoms with Gasteiger partial charge in [-0.1, -0.05) is 13.0 Å². The summed E-state index contributed by atoms with van der Waals surface area (Å²) < 4.78 is 44.2. The zero-order valence-corrected chi connectivity index (χ0v) is 43.9. The summed E-state index contributed by atoms with van der Waals surface area (Å²) in [6.45, 7) is 5.63. The van der Waals surface area contributed by atoms with Crippen LogP contribution in [0.4, 0.5) is 19.7 Å². The molecule has 1 fully saturated rings. The monoisotopic (exact) mass is 1110 g/mol. The lowest BCUT2D eigenvalue weighted by Crippen LogP contribution is -2.61. The SMILES string of the molecule is CC[C@@]1(O)C(=O)OCc2c1cc1n(c2=O)Cc2c-1nc1cc(F)c(C)c3c1c2[C@@H](NC(=O)OCc1ccc(O[C@@H]2OC(C(=O)O)[C@@H](O)[C@H](O)C2O)c(NC(=O)CN(C)C(=O)[C@H](CNC(=O)OC(C)(C)C)N2C(=O)C=CC2=O)c1)CC3. The summed E-state index contributed by atoms with van der Waals surface area (Å²) in [7, 11) is 1.17. The molecule has 80 heavy (non-hydrogen) atoms. The number of imide groups is 1. The fraction of sp³-hybridized carbons (Fsp3) is 0.434. The number of carboxylic acid groups (broad SMARTS) is 1. The van der Waals surface area contributed by atoms with Gasteiger partial charge >= 0.3 is 24.1 Å². The molecule has 27 heteroatoms. The van der Waals surface area contributed by atoms with Crippen molar-refractivity contribution in [1.82, 2.24) is 30.0 Å². The molecule has 2 aromatic heterocycles. The van der Waals surface area contributed by atoms with Crippen molar-refractivity contribution in [3.8, 4) is 17.1 Å². The number of benzene rings is 2. The Morgan fingerprint density at radius 3 is 2.36 bits per heavy atom. The van der Waals surface area contributed by atoms with E-state index in [0.29, 0.717) is 39.0 Å². The summed E-state index contributed by atoms with van der Waals surface area (Å²) in [5.74, 6) is -7.17. The summed E-state index contributed by atoms with van der Waals surface area (Å²) in [6, 6.07) is 4.11. The van der Waals surface area contributed by atoms with Crippen molar-refractivity contribution in [2.45, 2.75) is 128 Å². The summed E-state index contributed by atoms with van der Waals surface area (Å²) in [6.07, 6.45) is -9.91. The number of anilines is 1. The molecular weight excluding hydrogens is 1060 g/mol. The lowest BCUT2D eigenvalue weighted by atomic mass is 9.81. The summed E-state index contributed by atoms with van der Waals surface area (Å²) in [4.78, 5) is 125. The number of pyridine rings is 2. The van der Waals surface area contributed by atoms with Crippen LogP contribution in [-0.2, 0) is 79.5 Å². The minimum Gasteiger partial charge on any atom is -0.479 e. The van der Waals surface area contributed by atoms with E-state index in [-0.39, 0.29) is 71.0 Å². The number of aromatic nitrogens is 2. The normalized spacial score (nSPS) is 23.1. The number of fused-ring (bicyclic) bond motifs is 5. The summed E-state index contributed by atoms with van der Waals surface area (Å²) in [5, 5.41) is 61.0. The number of rotatable bonds is 14. The third kappa shape index (κ3) is 10.4. The molecule has 4 aliphatic heterocycles. The Labute approximate surface area is 453 Å². The highest BCUT2D eigenvalue weighted by Crippen LogP contribution is 2.46. The Balaban J connectivity index is 0.972. The third-order valence-electron chi connectivity index (χ3n) is 14.4. The number of amides is 6. The van der Waals surface area contributed by atoms with E-state index in [2.05, 4.69) is 16.0 Å². The second kappa shape index (κ2) is 21.4. The van der Waals surface area contributed by atoms with Crippen LogP contribution in [0.3, 0.4) is 0 Å². The molecule has 8 atom stereocenters. The quantitative estimate of drug-likeness (QED) is 0.0435. The van der Waals surface area contributed by atoms with Crippen LogP contribution < -0.4 is 26.2 Å². The van der Waals surface area contributed by atoms with Crippen LogP contribution in [0.15, 0.2) is 47.3 Å². The Morgan fingerprint density at radius 2 is 1.69 bits per heavy atom. The largest absolute Gasteiger partial charge is 0.479 e. The average molecular weight is 1110 g/mol. The van der Waals surface area contributed by atoms with E-state index in [1.54, 1.807) is 34.6 Å². The maximum Gasteiger partial charge on any atom is 0.407 e. The molecule has 2 aromatic carbocycles. The van der Waals surface area contributed by atoms with E-state index in [1.165, 1.54) is 41.9 Å². The fourth-order valence-electron chi connectivity index (χ4n) is 10.4. The number of esters is 1. The second-order valence-electron chi connectivity index (χ2n) is 20.8. The maximum absolute atomic E-state index is 15.5. The molecule has 8 N–H and O–H groups in total. The van der Waals surface area contributed by atoms with Gasteiger partial charge in [-0.3, -0.25) is 28.9 Å². The molecule has 5 aliphatic rings. The summed E-state index contributed by atoms with van der Waals surface area (Å²) in [5.41, 5.74) is -0.699. The van der Waals surface area contributed by atoms with Gasteiger partial charge in [0, 0.05) is 41.8 Å². The van der Waals surface area contributed by atoms with Gasteiger partial charge in [-0.25, -0.2) is 28.6 Å². The van der Waals surface area contributed by atoms with Gasteiger partial charge in [0.15, 0.2) is 11.7 Å². The van der Waals surface area contributed by atoms with Crippen molar-refractivity contribution < 1.29 is 92.0 Å². The van der Waals surface area contributed by atoms with Crippen molar-refractivity contribution in [1.29, 1.82) is 0 Å². The van der Waals surface area contributed by atoms with Crippen molar-refractivity contribution in [3.63, 3.8) is 0 Å². The molecule has 1 saturated heterocycles. The van der Waals surface area contributed by atoms with Crippen LogP contribution in [0.1, 0.15) is 85.5 Å². The number of cyclic esters (lactones) is 1. The van der Waals surface area contributed by atoms with Crippen molar-refractivity contribution in [3.05, 3.63) is 97.6 Å². The number of aliphatic carboxylic acids is 1. The standard InChI is InChI=1S/C53H56FN7O19/c1-7-53(75)27-15-32-40-25(18-60(32)45(68)26(27)21-76-49(53)72)39-29(10-9-24-22(2)28(54)16-31(57-40)38(24)39)58-51(74)77-20-23-8-11-34(78-48-43(67)41(65)42(66)44(79-48)47(70)71)30(14-23)56-35(62)19-59(6)46(69)33(61-36(63)12-13-37(61)64)17-55-50(73)80-52(3,4)5/h8,11-16,29,33,41-44,48,65-67,75H,7,9-10,17-21H2,1-6H3,(H,55,73)(H,56,62)(H,58,74)(H,70,71)/t29-,33-,41-,42-,43?,44?,48+,53-/m0/s1. The zero-order chi connectivity index (χ0) is 58.0. The van der Waals surface area contributed by atoms with Gasteiger partial charge < -0.3 is 74.6 Å². The van der Waals surface area contributed by atoms with Gasteiger partial charge in [-0.05, 0) is 87.4 Å².